The number of hydrogen-bond donors (Lipinski definition) is 0. The zero-order chi connectivity index (χ0) is 14.6. The molecule has 0 aliphatic carbocycles. The molecule has 102 valence electrons. The van der Waals surface area contributed by atoms with E-state index in [-0.39, 0.29) is 11.6 Å². The molecule has 0 fully saturated rings. The molecule has 1 aromatic rings. The summed E-state index contributed by atoms with van der Waals surface area (Å²) in [5, 5.41) is 8.54. The van der Waals surface area contributed by atoms with Crippen LogP contribution in [0.1, 0.15) is 22.8 Å². The number of alkyl halides is 3. The molecule has 0 aliphatic heterocycles. The first-order valence-electron chi connectivity index (χ1n) is 4.95. The van der Waals surface area contributed by atoms with E-state index < -0.39 is 29.2 Å². The fraction of sp³-hybridized carbons (Fsp3) is 0.273. The predicted molar refractivity (Wildman–Crippen MR) is 58.8 cm³/mol. The van der Waals surface area contributed by atoms with E-state index in [4.69, 9.17) is 16.9 Å². The number of carbonyl (C=O) groups is 1. The van der Waals surface area contributed by atoms with Gasteiger partial charge in [0.1, 0.15) is 17.2 Å². The highest BCUT2D eigenvalue weighted by atomic mass is 35.5. The summed E-state index contributed by atoms with van der Waals surface area (Å²) in [4.78, 5) is 11.5. The van der Waals surface area contributed by atoms with E-state index in [1.165, 1.54) is 13.0 Å². The molecule has 0 atom stereocenters. The van der Waals surface area contributed by atoms with E-state index in [1.54, 1.807) is 0 Å². The van der Waals surface area contributed by atoms with Gasteiger partial charge >= 0.3 is 12.3 Å². The maximum atomic E-state index is 12.3. The van der Waals surface area contributed by atoms with E-state index in [1.807, 2.05) is 0 Å². The third kappa shape index (κ3) is 3.76. The first-order valence-corrected chi connectivity index (χ1v) is 5.33. The van der Waals surface area contributed by atoms with Crippen LogP contribution in [0.2, 0.25) is 5.02 Å². The Morgan fingerprint density at radius 1 is 1.47 bits per heavy atom. The standard InChI is InChI=1S/C11H7ClF3NO3/c1-2-18-10(17)6-3-4-8(12)7(5-16)9(6)19-11(13,14)15/h3-4H,2H2,1H3. The number of nitriles is 1. The summed E-state index contributed by atoms with van der Waals surface area (Å²) in [6.07, 6.45) is -5.06. The first-order chi connectivity index (χ1) is 8.80. The van der Waals surface area contributed by atoms with Crippen LogP contribution >= 0.6 is 11.6 Å². The molecule has 0 bridgehead atoms. The van der Waals surface area contributed by atoms with Gasteiger partial charge in [-0.2, -0.15) is 5.26 Å². The summed E-state index contributed by atoms with van der Waals surface area (Å²) in [6, 6.07) is 3.58. The molecule has 8 heteroatoms. The fourth-order valence-corrected chi connectivity index (χ4v) is 1.45. The van der Waals surface area contributed by atoms with Crippen LogP contribution in [0.25, 0.3) is 0 Å². The lowest BCUT2D eigenvalue weighted by atomic mass is 10.1. The number of hydrogen-bond acceptors (Lipinski definition) is 4. The second-order valence-electron chi connectivity index (χ2n) is 3.18. The Labute approximate surface area is 111 Å². The third-order valence-corrected chi connectivity index (χ3v) is 2.25. The summed E-state index contributed by atoms with van der Waals surface area (Å²) in [5.41, 5.74) is -1.09. The molecule has 0 spiro atoms. The molecule has 4 nitrogen and oxygen atoms in total. The molecular weight excluding hydrogens is 287 g/mol. The average Bonchev–Trinajstić information content (AvgIpc) is 2.27. The lowest BCUT2D eigenvalue weighted by molar-refractivity contribution is -0.274. The van der Waals surface area contributed by atoms with Gasteiger partial charge in [0.05, 0.1) is 11.6 Å². The summed E-state index contributed by atoms with van der Waals surface area (Å²) in [7, 11) is 0. The second kappa shape index (κ2) is 5.80. The van der Waals surface area contributed by atoms with Crippen LogP contribution in [-0.2, 0) is 4.74 Å². The molecule has 0 amide bonds. The zero-order valence-electron chi connectivity index (χ0n) is 9.55. The Bertz CT molecular complexity index is 537. The van der Waals surface area contributed by atoms with Crippen LogP contribution in [0, 0.1) is 11.3 Å². The van der Waals surface area contributed by atoms with E-state index in [9.17, 15) is 18.0 Å². The average molecular weight is 294 g/mol. The molecule has 0 N–H and O–H groups in total. The van der Waals surface area contributed by atoms with Crippen LogP contribution in [0.3, 0.4) is 0 Å². The number of benzene rings is 1. The van der Waals surface area contributed by atoms with Gasteiger partial charge in [0.15, 0.2) is 5.75 Å². The number of rotatable bonds is 3. The minimum Gasteiger partial charge on any atom is -0.462 e. The van der Waals surface area contributed by atoms with Crippen molar-refractivity contribution in [3.8, 4) is 11.8 Å². The van der Waals surface area contributed by atoms with Crippen molar-refractivity contribution >= 4 is 17.6 Å². The predicted octanol–water partition coefficient (Wildman–Crippen LogP) is 3.29. The molecule has 0 radical (unpaired) electrons. The highest BCUT2D eigenvalue weighted by Crippen LogP contribution is 2.34. The molecule has 1 aromatic carbocycles. The van der Waals surface area contributed by atoms with E-state index in [0.717, 1.165) is 12.1 Å². The van der Waals surface area contributed by atoms with Gasteiger partial charge in [-0.3, -0.25) is 0 Å². The maximum Gasteiger partial charge on any atom is 0.573 e. The molecule has 0 saturated heterocycles. The molecular formula is C11H7ClF3NO3. The van der Waals surface area contributed by atoms with Gasteiger partial charge < -0.3 is 9.47 Å². The van der Waals surface area contributed by atoms with Crippen molar-refractivity contribution in [3.63, 3.8) is 0 Å². The van der Waals surface area contributed by atoms with Gasteiger partial charge in [0, 0.05) is 0 Å². The number of esters is 1. The smallest absolute Gasteiger partial charge is 0.462 e. The minimum absolute atomic E-state index is 0.0329. The largest absolute Gasteiger partial charge is 0.573 e. The van der Waals surface area contributed by atoms with Gasteiger partial charge in [-0.15, -0.1) is 13.2 Å². The molecule has 0 saturated carbocycles. The lowest BCUT2D eigenvalue weighted by Gasteiger charge is -2.14. The number of carbonyl (C=O) groups excluding carboxylic acids is 1. The minimum atomic E-state index is -5.06. The molecule has 0 unspecified atom stereocenters. The number of ether oxygens (including phenoxy) is 2. The SMILES string of the molecule is CCOC(=O)c1ccc(Cl)c(C#N)c1OC(F)(F)F. The van der Waals surface area contributed by atoms with Crippen LogP contribution < -0.4 is 4.74 Å². The van der Waals surface area contributed by atoms with Crippen molar-refractivity contribution in [2.75, 3.05) is 6.61 Å². The number of nitrogens with zero attached hydrogens (tertiary/aromatic N) is 1. The van der Waals surface area contributed by atoms with E-state index in [0.29, 0.717) is 0 Å². The summed E-state index contributed by atoms with van der Waals surface area (Å²) >= 11 is 5.59. The van der Waals surface area contributed by atoms with Crippen LogP contribution in [0.4, 0.5) is 13.2 Å². The Morgan fingerprint density at radius 3 is 2.58 bits per heavy atom. The topological polar surface area (TPSA) is 59.3 Å². The van der Waals surface area contributed by atoms with Gasteiger partial charge in [0.2, 0.25) is 0 Å². The maximum absolute atomic E-state index is 12.3. The zero-order valence-corrected chi connectivity index (χ0v) is 10.3. The Morgan fingerprint density at radius 2 is 2.11 bits per heavy atom. The van der Waals surface area contributed by atoms with Gasteiger partial charge in [-0.25, -0.2) is 4.79 Å². The highest BCUT2D eigenvalue weighted by molar-refractivity contribution is 6.32. The summed E-state index contributed by atoms with van der Waals surface area (Å²) in [6.45, 7) is 1.46. The Kier molecular flexibility index (Phi) is 4.62. The summed E-state index contributed by atoms with van der Waals surface area (Å²) < 4.78 is 45.2. The third-order valence-electron chi connectivity index (χ3n) is 1.93. The summed E-state index contributed by atoms with van der Waals surface area (Å²) in [5.74, 6) is -1.99. The lowest BCUT2D eigenvalue weighted by Crippen LogP contribution is -2.20. The number of halogens is 4. The Balaban J connectivity index is 3.39. The second-order valence-corrected chi connectivity index (χ2v) is 3.59. The normalized spacial score (nSPS) is 10.7. The molecule has 0 aliphatic rings. The van der Waals surface area contributed by atoms with Gasteiger partial charge in [-0.05, 0) is 19.1 Å². The van der Waals surface area contributed by atoms with Crippen molar-refractivity contribution in [3.05, 3.63) is 28.3 Å². The van der Waals surface area contributed by atoms with Crippen molar-refractivity contribution < 1.29 is 27.4 Å². The van der Waals surface area contributed by atoms with Crippen molar-refractivity contribution in [1.29, 1.82) is 5.26 Å². The van der Waals surface area contributed by atoms with Crippen molar-refractivity contribution in [2.24, 2.45) is 0 Å². The highest BCUT2D eigenvalue weighted by Gasteiger charge is 2.35. The Hall–Kier alpha value is -1.94. The molecule has 0 aromatic heterocycles. The monoisotopic (exact) mass is 293 g/mol. The van der Waals surface area contributed by atoms with Crippen LogP contribution in [0.5, 0.6) is 5.75 Å². The molecule has 1 rings (SSSR count). The quantitative estimate of drug-likeness (QED) is 0.802. The van der Waals surface area contributed by atoms with Crippen LogP contribution in [0.15, 0.2) is 12.1 Å². The van der Waals surface area contributed by atoms with E-state index >= 15 is 0 Å². The van der Waals surface area contributed by atoms with E-state index in [2.05, 4.69) is 9.47 Å². The fourth-order valence-electron chi connectivity index (χ4n) is 1.25. The van der Waals surface area contributed by atoms with Crippen LogP contribution in [-0.4, -0.2) is 18.9 Å². The molecule has 19 heavy (non-hydrogen) atoms. The van der Waals surface area contributed by atoms with Crippen molar-refractivity contribution in [1.82, 2.24) is 0 Å². The first kappa shape index (κ1) is 15.1. The van der Waals surface area contributed by atoms with Gasteiger partial charge in [-0.1, -0.05) is 11.6 Å². The molecule has 0 heterocycles. The van der Waals surface area contributed by atoms with Crippen molar-refractivity contribution in [2.45, 2.75) is 13.3 Å². The van der Waals surface area contributed by atoms with Gasteiger partial charge in [0.25, 0.3) is 0 Å².